The number of hydrogen-bond acceptors (Lipinski definition) is 2. The first-order valence-electron chi connectivity index (χ1n) is 7.99. The summed E-state index contributed by atoms with van der Waals surface area (Å²) >= 11 is 1.66. The lowest BCUT2D eigenvalue weighted by Crippen LogP contribution is -1.86. The minimum atomic E-state index is -0.133. The maximum Gasteiger partial charge on any atom is 0.148 e. The number of aromatic amines is 1. The van der Waals surface area contributed by atoms with Crippen molar-refractivity contribution in [2.45, 2.75) is 19.8 Å². The zero-order chi connectivity index (χ0) is 16.5. The molecule has 1 aliphatic carbocycles. The summed E-state index contributed by atoms with van der Waals surface area (Å²) in [5.41, 5.74) is 4.21. The van der Waals surface area contributed by atoms with E-state index >= 15 is 0 Å². The predicted molar refractivity (Wildman–Crippen MR) is 98.5 cm³/mol. The van der Waals surface area contributed by atoms with Crippen molar-refractivity contribution in [2.75, 3.05) is 0 Å². The molecule has 1 N–H and O–H groups in total. The third-order valence-electron chi connectivity index (χ3n) is 4.15. The van der Waals surface area contributed by atoms with E-state index < -0.39 is 0 Å². The average Bonchev–Trinajstić information content (AvgIpc) is 3.22. The molecule has 4 heteroatoms. The van der Waals surface area contributed by atoms with Gasteiger partial charge in [0.1, 0.15) is 11.7 Å². The number of thiophene rings is 1. The van der Waals surface area contributed by atoms with E-state index in [9.17, 15) is 4.39 Å². The van der Waals surface area contributed by atoms with Crippen molar-refractivity contribution < 1.29 is 4.39 Å². The van der Waals surface area contributed by atoms with Gasteiger partial charge in [0.15, 0.2) is 0 Å². The third kappa shape index (κ3) is 2.85. The summed E-state index contributed by atoms with van der Waals surface area (Å²) < 4.78 is 13.5. The van der Waals surface area contributed by atoms with Crippen molar-refractivity contribution in [2.24, 2.45) is 0 Å². The summed E-state index contributed by atoms with van der Waals surface area (Å²) in [4.78, 5) is 10.3. The Balaban J connectivity index is 1.67. The summed E-state index contributed by atoms with van der Waals surface area (Å²) in [7, 11) is 0. The first-order chi connectivity index (χ1) is 11.7. The molecule has 0 spiro atoms. The quantitative estimate of drug-likeness (QED) is 0.611. The van der Waals surface area contributed by atoms with Gasteiger partial charge >= 0.3 is 0 Å². The molecule has 0 fully saturated rings. The van der Waals surface area contributed by atoms with E-state index in [1.807, 2.05) is 25.1 Å². The van der Waals surface area contributed by atoms with Gasteiger partial charge in [0.2, 0.25) is 0 Å². The zero-order valence-electron chi connectivity index (χ0n) is 13.3. The van der Waals surface area contributed by atoms with Crippen LogP contribution in [0.15, 0.2) is 60.4 Å². The van der Waals surface area contributed by atoms with Crippen molar-refractivity contribution in [3.63, 3.8) is 0 Å². The van der Waals surface area contributed by atoms with Crippen LogP contribution in [0.4, 0.5) is 4.39 Å². The fraction of sp³-hybridized carbons (Fsp3) is 0.150. The molecule has 0 aliphatic heterocycles. The first kappa shape index (κ1) is 15.1. The van der Waals surface area contributed by atoms with Crippen molar-refractivity contribution in [1.29, 1.82) is 0 Å². The minimum Gasteiger partial charge on any atom is -0.341 e. The molecule has 2 heterocycles. The van der Waals surface area contributed by atoms with Crippen LogP contribution in [0.3, 0.4) is 0 Å². The number of imidazole rings is 1. The second kappa shape index (κ2) is 6.21. The Morgan fingerprint density at radius 1 is 1.08 bits per heavy atom. The van der Waals surface area contributed by atoms with E-state index in [4.69, 9.17) is 4.98 Å². The van der Waals surface area contributed by atoms with Crippen LogP contribution in [-0.4, -0.2) is 9.97 Å². The maximum absolute atomic E-state index is 13.5. The fourth-order valence-electron chi connectivity index (χ4n) is 2.95. The van der Waals surface area contributed by atoms with Crippen molar-refractivity contribution >= 4 is 16.9 Å². The van der Waals surface area contributed by atoms with Gasteiger partial charge in [0.25, 0.3) is 0 Å². The Kier molecular flexibility index (Phi) is 3.90. The molecule has 0 saturated heterocycles. The SMILES string of the molecule is Cc1[nH]c(-c2ccc(C3=CC(F)=CCC3)s2)nc1-c1ccccc1. The Hall–Kier alpha value is -2.46. The topological polar surface area (TPSA) is 28.7 Å². The Labute approximate surface area is 144 Å². The molecule has 4 rings (SSSR count). The lowest BCUT2D eigenvalue weighted by atomic mass is 10.0. The Morgan fingerprint density at radius 3 is 2.67 bits per heavy atom. The van der Waals surface area contributed by atoms with E-state index in [0.29, 0.717) is 0 Å². The normalized spacial score (nSPS) is 14.4. The first-order valence-corrected chi connectivity index (χ1v) is 8.81. The van der Waals surface area contributed by atoms with E-state index in [1.54, 1.807) is 23.5 Å². The van der Waals surface area contributed by atoms with Crippen molar-refractivity contribution in [3.05, 3.63) is 71.0 Å². The predicted octanol–water partition coefficient (Wildman–Crippen LogP) is 6.14. The zero-order valence-corrected chi connectivity index (χ0v) is 14.2. The van der Waals surface area contributed by atoms with Gasteiger partial charge in [0.05, 0.1) is 10.6 Å². The Bertz CT molecular complexity index is 932. The average molecular weight is 336 g/mol. The number of allylic oxidation sites excluding steroid dienone is 4. The van der Waals surface area contributed by atoms with Gasteiger partial charge in [-0.05, 0) is 49.6 Å². The number of H-pyrrole nitrogens is 1. The molecule has 2 aromatic heterocycles. The smallest absolute Gasteiger partial charge is 0.148 e. The molecular weight excluding hydrogens is 319 g/mol. The summed E-state index contributed by atoms with van der Waals surface area (Å²) in [5, 5.41) is 0. The van der Waals surface area contributed by atoms with Crippen LogP contribution >= 0.6 is 11.3 Å². The van der Waals surface area contributed by atoms with Gasteiger partial charge in [-0.3, -0.25) is 0 Å². The number of rotatable bonds is 3. The Morgan fingerprint density at radius 2 is 1.88 bits per heavy atom. The largest absolute Gasteiger partial charge is 0.341 e. The van der Waals surface area contributed by atoms with Crippen LogP contribution in [-0.2, 0) is 0 Å². The summed E-state index contributed by atoms with van der Waals surface area (Å²) in [5.74, 6) is 0.737. The van der Waals surface area contributed by atoms with E-state index in [-0.39, 0.29) is 5.83 Å². The van der Waals surface area contributed by atoms with Crippen LogP contribution in [0.25, 0.3) is 27.5 Å². The van der Waals surface area contributed by atoms with Gasteiger partial charge < -0.3 is 4.98 Å². The lowest BCUT2D eigenvalue weighted by Gasteiger charge is -2.07. The molecule has 0 radical (unpaired) electrons. The molecule has 120 valence electrons. The highest BCUT2D eigenvalue weighted by atomic mass is 32.1. The monoisotopic (exact) mass is 336 g/mol. The highest BCUT2D eigenvalue weighted by Crippen LogP contribution is 2.36. The molecule has 0 atom stereocenters. The van der Waals surface area contributed by atoms with Crippen LogP contribution < -0.4 is 0 Å². The van der Waals surface area contributed by atoms with Crippen molar-refractivity contribution in [3.8, 4) is 22.0 Å². The summed E-state index contributed by atoms with van der Waals surface area (Å²) in [6.45, 7) is 2.04. The van der Waals surface area contributed by atoms with E-state index in [1.165, 1.54) is 0 Å². The molecule has 1 aromatic carbocycles. The maximum atomic E-state index is 13.5. The van der Waals surface area contributed by atoms with Gasteiger partial charge in [0, 0.05) is 16.1 Å². The molecule has 0 amide bonds. The third-order valence-corrected chi connectivity index (χ3v) is 5.32. The second-order valence-electron chi connectivity index (χ2n) is 5.89. The number of hydrogen-bond donors (Lipinski definition) is 1. The van der Waals surface area contributed by atoms with Gasteiger partial charge in [-0.25, -0.2) is 9.37 Å². The van der Waals surface area contributed by atoms with Crippen LogP contribution in [0.5, 0.6) is 0 Å². The second-order valence-corrected chi connectivity index (χ2v) is 6.97. The lowest BCUT2D eigenvalue weighted by molar-refractivity contribution is 0.655. The number of halogens is 1. The summed E-state index contributed by atoms with van der Waals surface area (Å²) in [6, 6.07) is 14.3. The molecular formula is C20H17FN2S. The number of benzene rings is 1. The minimum absolute atomic E-state index is 0.133. The van der Waals surface area contributed by atoms with Crippen molar-refractivity contribution in [1.82, 2.24) is 9.97 Å². The molecule has 24 heavy (non-hydrogen) atoms. The van der Waals surface area contributed by atoms with Crippen LogP contribution in [0.1, 0.15) is 23.4 Å². The molecule has 2 nitrogen and oxygen atoms in total. The highest BCUT2D eigenvalue weighted by molar-refractivity contribution is 7.16. The molecule has 3 aromatic rings. The highest BCUT2D eigenvalue weighted by Gasteiger charge is 2.14. The molecule has 0 saturated carbocycles. The van der Waals surface area contributed by atoms with Gasteiger partial charge in [-0.1, -0.05) is 30.3 Å². The summed E-state index contributed by atoms with van der Waals surface area (Å²) in [6.07, 6.45) is 4.94. The van der Waals surface area contributed by atoms with E-state index in [2.05, 4.69) is 29.2 Å². The standard InChI is InChI=1S/C20H17FN2S/c1-13-19(14-6-3-2-4-7-14)23-20(22-13)18-11-10-17(24-18)15-8-5-9-16(21)12-15/h2-4,6-7,9-12H,5,8H2,1H3,(H,22,23). The molecule has 0 bridgehead atoms. The number of nitrogens with zero attached hydrogens (tertiary/aromatic N) is 1. The fourth-order valence-corrected chi connectivity index (χ4v) is 3.94. The molecule has 1 aliphatic rings. The van der Waals surface area contributed by atoms with Crippen LogP contribution in [0.2, 0.25) is 0 Å². The molecule has 0 unspecified atom stereocenters. The van der Waals surface area contributed by atoms with Crippen LogP contribution in [0, 0.1) is 6.92 Å². The van der Waals surface area contributed by atoms with Gasteiger partial charge in [-0.15, -0.1) is 11.3 Å². The number of aryl methyl sites for hydroxylation is 1. The number of aromatic nitrogens is 2. The number of nitrogens with one attached hydrogen (secondary N) is 1. The van der Waals surface area contributed by atoms with E-state index in [0.717, 1.165) is 50.9 Å². The van der Waals surface area contributed by atoms with Gasteiger partial charge in [-0.2, -0.15) is 0 Å².